The van der Waals surface area contributed by atoms with Gasteiger partial charge in [0.1, 0.15) is 11.6 Å². The van der Waals surface area contributed by atoms with Crippen molar-refractivity contribution in [1.29, 1.82) is 0 Å². The van der Waals surface area contributed by atoms with E-state index in [0.29, 0.717) is 6.61 Å². The molecule has 0 spiro atoms. The van der Waals surface area contributed by atoms with Crippen LogP contribution in [-0.4, -0.2) is 18.6 Å². The lowest BCUT2D eigenvalue weighted by Gasteiger charge is -2.23. The number of rotatable bonds is 2. The average Bonchev–Trinajstić information content (AvgIpc) is 2.61. The molecule has 0 saturated carbocycles. The average molecular weight is 249 g/mol. The van der Waals surface area contributed by atoms with E-state index in [-0.39, 0.29) is 17.5 Å². The first-order valence-electron chi connectivity index (χ1n) is 4.88. The number of halogens is 3. The molecule has 2 nitrogen and oxygen atoms in total. The van der Waals surface area contributed by atoms with Gasteiger partial charge in [-0.25, -0.2) is 8.78 Å². The molecule has 16 heavy (non-hydrogen) atoms. The predicted molar refractivity (Wildman–Crippen MR) is 55.3 cm³/mol. The van der Waals surface area contributed by atoms with Crippen molar-refractivity contribution >= 4 is 11.6 Å². The zero-order valence-corrected chi connectivity index (χ0v) is 9.43. The predicted octanol–water partition coefficient (Wildman–Crippen LogP) is 2.79. The largest absolute Gasteiger partial charge is 0.343 e. The van der Waals surface area contributed by atoms with Crippen LogP contribution in [0.4, 0.5) is 8.78 Å². The van der Waals surface area contributed by atoms with E-state index in [1.54, 1.807) is 6.92 Å². The molecule has 0 aliphatic carbocycles. The summed E-state index contributed by atoms with van der Waals surface area (Å²) in [6, 6.07) is 3.30. The number of alkyl halides is 1. The zero-order valence-electron chi connectivity index (χ0n) is 8.67. The summed E-state index contributed by atoms with van der Waals surface area (Å²) in [5.74, 6) is -2.22. The molecule has 2 rings (SSSR count). The lowest BCUT2D eigenvalue weighted by atomic mass is 10.1. The van der Waals surface area contributed by atoms with Gasteiger partial charge < -0.3 is 9.47 Å². The van der Waals surface area contributed by atoms with Crippen LogP contribution < -0.4 is 0 Å². The highest BCUT2D eigenvalue weighted by Gasteiger charge is 2.40. The fourth-order valence-corrected chi connectivity index (χ4v) is 1.87. The standard InChI is InChI=1S/C11H11ClF2O2/c1-11(15-6-8(5-12)16-11)9-3-2-7(13)4-10(9)14/h2-4,8H,5-6H2,1H3/t8-,11-/m1/s1. The monoisotopic (exact) mass is 248 g/mol. The summed E-state index contributed by atoms with van der Waals surface area (Å²) in [5, 5.41) is 0. The van der Waals surface area contributed by atoms with Crippen LogP contribution in [-0.2, 0) is 15.3 Å². The number of hydrogen-bond donors (Lipinski definition) is 0. The van der Waals surface area contributed by atoms with Crippen LogP contribution in [0, 0.1) is 11.6 Å². The molecule has 1 aromatic rings. The first-order valence-corrected chi connectivity index (χ1v) is 5.42. The SMILES string of the molecule is C[C@@]1(c2ccc(F)cc2F)OC[C@@H](CCl)O1. The van der Waals surface area contributed by atoms with Crippen LogP contribution in [0.3, 0.4) is 0 Å². The van der Waals surface area contributed by atoms with Crippen molar-refractivity contribution < 1.29 is 18.3 Å². The Morgan fingerprint density at radius 2 is 2.25 bits per heavy atom. The third-order valence-electron chi connectivity index (χ3n) is 2.53. The first-order chi connectivity index (χ1) is 7.55. The molecule has 1 heterocycles. The molecule has 2 atom stereocenters. The fourth-order valence-electron chi connectivity index (χ4n) is 1.71. The van der Waals surface area contributed by atoms with E-state index in [1.165, 1.54) is 12.1 Å². The molecule has 1 saturated heterocycles. The lowest BCUT2D eigenvalue weighted by molar-refractivity contribution is -0.161. The van der Waals surface area contributed by atoms with Crippen molar-refractivity contribution in [3.63, 3.8) is 0 Å². The molecular formula is C11H11ClF2O2. The van der Waals surface area contributed by atoms with E-state index in [2.05, 4.69) is 0 Å². The van der Waals surface area contributed by atoms with Crippen molar-refractivity contribution in [3.8, 4) is 0 Å². The maximum atomic E-state index is 13.5. The van der Waals surface area contributed by atoms with Crippen molar-refractivity contribution in [3.05, 3.63) is 35.4 Å². The van der Waals surface area contributed by atoms with E-state index in [4.69, 9.17) is 21.1 Å². The van der Waals surface area contributed by atoms with Gasteiger partial charge in [-0.15, -0.1) is 11.6 Å². The van der Waals surface area contributed by atoms with Gasteiger partial charge in [-0.3, -0.25) is 0 Å². The highest BCUT2D eigenvalue weighted by molar-refractivity contribution is 6.18. The van der Waals surface area contributed by atoms with E-state index < -0.39 is 17.4 Å². The summed E-state index contributed by atoms with van der Waals surface area (Å²) >= 11 is 5.63. The Morgan fingerprint density at radius 3 is 2.81 bits per heavy atom. The second kappa shape index (κ2) is 4.28. The highest BCUT2D eigenvalue weighted by atomic mass is 35.5. The van der Waals surface area contributed by atoms with Gasteiger partial charge in [0.25, 0.3) is 0 Å². The summed E-state index contributed by atoms with van der Waals surface area (Å²) in [7, 11) is 0. The molecule has 1 aromatic carbocycles. The van der Waals surface area contributed by atoms with Crippen molar-refractivity contribution in [1.82, 2.24) is 0 Å². The molecular weight excluding hydrogens is 238 g/mol. The Balaban J connectivity index is 2.30. The third-order valence-corrected chi connectivity index (χ3v) is 2.87. The molecule has 0 amide bonds. The van der Waals surface area contributed by atoms with Crippen LogP contribution in [0.15, 0.2) is 18.2 Å². The van der Waals surface area contributed by atoms with E-state index in [9.17, 15) is 8.78 Å². The molecule has 1 aliphatic rings. The minimum atomic E-state index is -1.18. The lowest BCUT2D eigenvalue weighted by Crippen LogP contribution is -2.25. The van der Waals surface area contributed by atoms with E-state index in [0.717, 1.165) is 6.07 Å². The van der Waals surface area contributed by atoms with Crippen molar-refractivity contribution in [2.75, 3.05) is 12.5 Å². The van der Waals surface area contributed by atoms with Gasteiger partial charge >= 0.3 is 0 Å². The molecule has 88 valence electrons. The van der Waals surface area contributed by atoms with Gasteiger partial charge in [-0.1, -0.05) is 0 Å². The topological polar surface area (TPSA) is 18.5 Å². The Labute approximate surface area is 97.1 Å². The summed E-state index contributed by atoms with van der Waals surface area (Å²) < 4.78 is 37.2. The van der Waals surface area contributed by atoms with E-state index >= 15 is 0 Å². The van der Waals surface area contributed by atoms with Gasteiger partial charge in [0, 0.05) is 11.6 Å². The quantitative estimate of drug-likeness (QED) is 0.750. The van der Waals surface area contributed by atoms with E-state index in [1.807, 2.05) is 0 Å². The minimum Gasteiger partial charge on any atom is -0.343 e. The molecule has 1 fully saturated rings. The molecule has 0 N–H and O–H groups in total. The van der Waals surface area contributed by atoms with Crippen LogP contribution in [0.2, 0.25) is 0 Å². The Bertz CT molecular complexity index is 400. The highest BCUT2D eigenvalue weighted by Crippen LogP contribution is 2.35. The maximum Gasteiger partial charge on any atom is 0.195 e. The Hall–Kier alpha value is -0.710. The van der Waals surface area contributed by atoms with Crippen molar-refractivity contribution in [2.24, 2.45) is 0 Å². The summed E-state index contributed by atoms with van der Waals surface area (Å²) in [6.45, 7) is 1.90. The molecule has 0 radical (unpaired) electrons. The minimum absolute atomic E-state index is 0.182. The Kier molecular flexibility index (Phi) is 3.15. The molecule has 0 bridgehead atoms. The van der Waals surface area contributed by atoms with Gasteiger partial charge in [0.05, 0.1) is 18.6 Å². The van der Waals surface area contributed by atoms with Crippen LogP contribution in [0.5, 0.6) is 0 Å². The van der Waals surface area contributed by atoms with Crippen molar-refractivity contribution in [2.45, 2.75) is 18.8 Å². The smallest absolute Gasteiger partial charge is 0.195 e. The number of benzene rings is 1. The molecule has 0 aromatic heterocycles. The normalized spacial score (nSPS) is 29.6. The van der Waals surface area contributed by atoms with Crippen LogP contribution >= 0.6 is 11.6 Å². The van der Waals surface area contributed by atoms with Gasteiger partial charge in [0.15, 0.2) is 5.79 Å². The van der Waals surface area contributed by atoms with Gasteiger partial charge in [0.2, 0.25) is 0 Å². The maximum absolute atomic E-state index is 13.5. The first kappa shape index (κ1) is 11.8. The second-order valence-electron chi connectivity index (χ2n) is 3.78. The number of ether oxygens (including phenoxy) is 2. The third kappa shape index (κ3) is 2.05. The fraction of sp³-hybridized carbons (Fsp3) is 0.455. The van der Waals surface area contributed by atoms with Crippen LogP contribution in [0.1, 0.15) is 12.5 Å². The summed E-state index contributed by atoms with van der Waals surface area (Å²) in [6.07, 6.45) is -0.267. The van der Waals surface area contributed by atoms with Gasteiger partial charge in [-0.05, 0) is 19.1 Å². The Morgan fingerprint density at radius 1 is 1.50 bits per heavy atom. The zero-order chi connectivity index (χ0) is 11.8. The molecule has 1 aliphatic heterocycles. The number of hydrogen-bond acceptors (Lipinski definition) is 2. The summed E-state index contributed by atoms with van der Waals surface area (Å²) in [4.78, 5) is 0. The van der Waals surface area contributed by atoms with Crippen LogP contribution in [0.25, 0.3) is 0 Å². The molecule has 5 heteroatoms. The van der Waals surface area contributed by atoms with Gasteiger partial charge in [-0.2, -0.15) is 0 Å². The summed E-state index contributed by atoms with van der Waals surface area (Å²) in [5.41, 5.74) is 0.182. The second-order valence-corrected chi connectivity index (χ2v) is 4.08. The molecule has 0 unspecified atom stereocenters.